The van der Waals surface area contributed by atoms with Crippen molar-refractivity contribution in [3.05, 3.63) is 29.3 Å². The number of rotatable bonds is 6. The van der Waals surface area contributed by atoms with Crippen molar-refractivity contribution in [2.45, 2.75) is 38.2 Å². The number of halogens is 1. The van der Waals surface area contributed by atoms with Crippen LogP contribution in [0, 0.1) is 13.8 Å². The van der Waals surface area contributed by atoms with E-state index in [1.165, 1.54) is 0 Å². The Morgan fingerprint density at radius 1 is 1.38 bits per heavy atom. The molecule has 1 aliphatic rings. The number of likely N-dealkylation sites (tertiary alicyclic amines) is 1. The quantitative estimate of drug-likeness (QED) is 0.239. The molecule has 0 unspecified atom stereocenters. The summed E-state index contributed by atoms with van der Waals surface area (Å²) in [4.78, 5) is 6.76. The third kappa shape index (κ3) is 6.36. The van der Waals surface area contributed by atoms with Crippen LogP contribution < -0.4 is 10.0 Å². The topological polar surface area (TPSA) is 94.0 Å². The first-order chi connectivity index (χ1) is 11.8. The van der Waals surface area contributed by atoms with Crippen molar-refractivity contribution in [2.24, 2.45) is 4.99 Å². The molecule has 0 saturated carbocycles. The van der Waals surface area contributed by atoms with Crippen LogP contribution in [0.15, 0.2) is 28.1 Å². The number of hydrogen-bond acceptors (Lipinski definition) is 4. The van der Waals surface area contributed by atoms with Crippen LogP contribution in [0.1, 0.15) is 24.5 Å². The van der Waals surface area contributed by atoms with Gasteiger partial charge in [0.15, 0.2) is 5.96 Å². The zero-order chi connectivity index (χ0) is 18.4. The van der Waals surface area contributed by atoms with Gasteiger partial charge in [-0.3, -0.25) is 4.99 Å². The first kappa shape index (κ1) is 23.1. The van der Waals surface area contributed by atoms with Crippen molar-refractivity contribution in [1.82, 2.24) is 14.9 Å². The minimum Gasteiger partial charge on any atom is -0.391 e. The molecule has 1 aromatic carbocycles. The van der Waals surface area contributed by atoms with Crippen LogP contribution in [0.2, 0.25) is 0 Å². The first-order valence-corrected chi connectivity index (χ1v) is 10.1. The number of aliphatic hydroxyl groups excluding tert-OH is 1. The van der Waals surface area contributed by atoms with Crippen LogP contribution >= 0.6 is 24.0 Å². The molecule has 1 aromatic rings. The van der Waals surface area contributed by atoms with E-state index < -0.39 is 10.0 Å². The van der Waals surface area contributed by atoms with Crippen LogP contribution in [0.4, 0.5) is 0 Å². The van der Waals surface area contributed by atoms with Crippen LogP contribution in [0.5, 0.6) is 0 Å². The lowest BCUT2D eigenvalue weighted by molar-refractivity contribution is 0.188. The van der Waals surface area contributed by atoms with E-state index in [9.17, 15) is 13.5 Å². The molecule has 0 radical (unpaired) electrons. The van der Waals surface area contributed by atoms with E-state index in [0.29, 0.717) is 23.9 Å². The Balaban J connectivity index is 0.00000338. The maximum atomic E-state index is 12.5. The third-order valence-electron chi connectivity index (χ3n) is 4.10. The molecule has 1 atom stereocenters. The average Bonchev–Trinajstić information content (AvgIpc) is 2.99. The highest BCUT2D eigenvalue weighted by Crippen LogP contribution is 2.16. The van der Waals surface area contributed by atoms with Crippen molar-refractivity contribution in [2.75, 3.05) is 32.7 Å². The molecule has 1 heterocycles. The predicted molar refractivity (Wildman–Crippen MR) is 115 cm³/mol. The van der Waals surface area contributed by atoms with E-state index >= 15 is 0 Å². The van der Waals surface area contributed by atoms with Crippen molar-refractivity contribution < 1.29 is 13.5 Å². The Morgan fingerprint density at radius 2 is 2.12 bits per heavy atom. The number of sulfonamides is 1. The summed E-state index contributed by atoms with van der Waals surface area (Å²) < 4.78 is 27.5. The van der Waals surface area contributed by atoms with Gasteiger partial charge in [-0.25, -0.2) is 13.1 Å². The standard InChI is InChI=1S/C17H28N4O3S.HI/c1-4-18-17(21-10-7-15(22)12-21)19-8-9-20-25(23,24)16-11-13(2)5-6-14(16)3;/h5-6,11,15,20,22H,4,7-10,12H2,1-3H3,(H,18,19);1H/t15-;/m1./s1. The van der Waals surface area contributed by atoms with Gasteiger partial charge in [0.2, 0.25) is 10.0 Å². The van der Waals surface area contributed by atoms with Gasteiger partial charge < -0.3 is 15.3 Å². The van der Waals surface area contributed by atoms with Gasteiger partial charge >= 0.3 is 0 Å². The summed E-state index contributed by atoms with van der Waals surface area (Å²) in [7, 11) is -3.54. The van der Waals surface area contributed by atoms with Crippen molar-refractivity contribution >= 4 is 40.0 Å². The van der Waals surface area contributed by atoms with Crippen molar-refractivity contribution in [3.8, 4) is 0 Å². The SMILES string of the molecule is CCNC(=NCCNS(=O)(=O)c1cc(C)ccc1C)N1CC[C@@H](O)C1.I. The number of hydrogen-bond donors (Lipinski definition) is 3. The van der Waals surface area contributed by atoms with E-state index in [0.717, 1.165) is 30.6 Å². The fourth-order valence-corrected chi connectivity index (χ4v) is 4.12. The molecule has 148 valence electrons. The second-order valence-electron chi connectivity index (χ2n) is 6.29. The number of aliphatic imine (C=N–C) groups is 1. The molecule has 0 aromatic heterocycles. The van der Waals surface area contributed by atoms with Gasteiger partial charge in [-0.2, -0.15) is 0 Å². The van der Waals surface area contributed by atoms with E-state index in [-0.39, 0.29) is 36.6 Å². The van der Waals surface area contributed by atoms with Gasteiger partial charge in [-0.05, 0) is 44.4 Å². The fraction of sp³-hybridized carbons (Fsp3) is 0.588. The lowest BCUT2D eigenvalue weighted by Gasteiger charge is -2.21. The lowest BCUT2D eigenvalue weighted by atomic mass is 10.2. The molecular weight excluding hydrogens is 467 g/mol. The van der Waals surface area contributed by atoms with Gasteiger partial charge in [0, 0.05) is 26.2 Å². The van der Waals surface area contributed by atoms with Crippen molar-refractivity contribution in [1.29, 1.82) is 0 Å². The number of aryl methyl sites for hydroxylation is 2. The highest BCUT2D eigenvalue weighted by Gasteiger charge is 2.22. The molecule has 1 aliphatic heterocycles. The number of nitrogens with one attached hydrogen (secondary N) is 2. The van der Waals surface area contributed by atoms with Crippen molar-refractivity contribution in [3.63, 3.8) is 0 Å². The van der Waals surface area contributed by atoms with E-state index in [4.69, 9.17) is 0 Å². The highest BCUT2D eigenvalue weighted by atomic mass is 127. The fourth-order valence-electron chi connectivity index (χ4n) is 2.78. The molecule has 9 heteroatoms. The second kappa shape index (κ2) is 10.4. The van der Waals surface area contributed by atoms with E-state index in [1.54, 1.807) is 13.0 Å². The Hall–Kier alpha value is -0.910. The summed E-state index contributed by atoms with van der Waals surface area (Å²) in [5.41, 5.74) is 1.63. The Kier molecular flexibility index (Phi) is 9.28. The molecule has 26 heavy (non-hydrogen) atoms. The zero-order valence-electron chi connectivity index (χ0n) is 15.5. The van der Waals surface area contributed by atoms with Gasteiger partial charge in [-0.1, -0.05) is 12.1 Å². The predicted octanol–water partition coefficient (Wildman–Crippen LogP) is 1.23. The molecule has 2 rings (SSSR count). The molecule has 1 saturated heterocycles. The Labute approximate surface area is 173 Å². The van der Waals surface area contributed by atoms with Gasteiger partial charge in [0.05, 0.1) is 17.5 Å². The van der Waals surface area contributed by atoms with Gasteiger partial charge in [0.25, 0.3) is 0 Å². The lowest BCUT2D eigenvalue weighted by Crippen LogP contribution is -2.41. The Morgan fingerprint density at radius 3 is 2.73 bits per heavy atom. The molecule has 0 bridgehead atoms. The summed E-state index contributed by atoms with van der Waals surface area (Å²) >= 11 is 0. The molecule has 0 aliphatic carbocycles. The van der Waals surface area contributed by atoms with Crippen LogP contribution in [0.25, 0.3) is 0 Å². The molecule has 3 N–H and O–H groups in total. The summed E-state index contributed by atoms with van der Waals surface area (Å²) in [6.07, 6.45) is 0.399. The number of aliphatic hydroxyl groups is 1. The Bertz CT molecular complexity index is 725. The normalized spacial score (nSPS) is 17.9. The molecular formula is C17H29IN4O3S. The summed E-state index contributed by atoms with van der Waals surface area (Å²) in [6.45, 7) is 8.22. The minimum absolute atomic E-state index is 0. The molecule has 1 fully saturated rings. The largest absolute Gasteiger partial charge is 0.391 e. The first-order valence-electron chi connectivity index (χ1n) is 8.61. The maximum absolute atomic E-state index is 12.5. The zero-order valence-corrected chi connectivity index (χ0v) is 18.7. The minimum atomic E-state index is -3.54. The monoisotopic (exact) mass is 496 g/mol. The van der Waals surface area contributed by atoms with E-state index in [1.807, 2.05) is 30.9 Å². The molecule has 0 spiro atoms. The molecule has 7 nitrogen and oxygen atoms in total. The summed E-state index contributed by atoms with van der Waals surface area (Å²) in [5.74, 6) is 0.713. The number of nitrogens with zero attached hydrogens (tertiary/aromatic N) is 2. The van der Waals surface area contributed by atoms with Gasteiger partial charge in [0.1, 0.15) is 0 Å². The average molecular weight is 496 g/mol. The number of benzene rings is 1. The third-order valence-corrected chi connectivity index (χ3v) is 5.70. The van der Waals surface area contributed by atoms with E-state index in [2.05, 4.69) is 15.0 Å². The maximum Gasteiger partial charge on any atom is 0.240 e. The van der Waals surface area contributed by atoms with Crippen LogP contribution in [-0.2, 0) is 10.0 Å². The second-order valence-corrected chi connectivity index (χ2v) is 8.03. The number of β-amino-alcohol motifs (C(OH)–C–C–N with tert-alkyl or cyclic N) is 1. The highest BCUT2D eigenvalue weighted by molar-refractivity contribution is 14.0. The van der Waals surface area contributed by atoms with Crippen LogP contribution in [-0.4, -0.2) is 63.2 Å². The van der Waals surface area contributed by atoms with Gasteiger partial charge in [-0.15, -0.1) is 24.0 Å². The smallest absolute Gasteiger partial charge is 0.240 e. The number of guanidine groups is 1. The summed E-state index contributed by atoms with van der Waals surface area (Å²) in [5, 5.41) is 12.8. The van der Waals surface area contributed by atoms with Crippen LogP contribution in [0.3, 0.4) is 0 Å². The molecule has 0 amide bonds. The summed E-state index contributed by atoms with van der Waals surface area (Å²) in [6, 6.07) is 5.38.